The first-order valence-corrected chi connectivity index (χ1v) is 6.87. The maximum absolute atomic E-state index is 13.5. The van der Waals surface area contributed by atoms with Crippen molar-refractivity contribution in [3.8, 4) is 0 Å². The molecule has 1 aromatic carbocycles. The van der Waals surface area contributed by atoms with Crippen molar-refractivity contribution in [2.24, 2.45) is 5.92 Å². The van der Waals surface area contributed by atoms with Crippen LogP contribution in [0.25, 0.3) is 0 Å². The van der Waals surface area contributed by atoms with E-state index in [1.165, 1.54) is 12.5 Å². The molecule has 0 bridgehead atoms. The first-order valence-electron chi connectivity index (χ1n) is 6.49. The van der Waals surface area contributed by atoms with Gasteiger partial charge in [-0.15, -0.1) is 0 Å². The van der Waals surface area contributed by atoms with Crippen LogP contribution in [0.4, 0.5) is 4.39 Å². The van der Waals surface area contributed by atoms with Gasteiger partial charge in [-0.05, 0) is 30.9 Å². The molecule has 1 fully saturated rings. The van der Waals surface area contributed by atoms with Crippen molar-refractivity contribution < 1.29 is 9.50 Å². The van der Waals surface area contributed by atoms with Crippen molar-refractivity contribution in [1.82, 2.24) is 5.32 Å². The molecule has 4 heteroatoms. The highest BCUT2D eigenvalue weighted by molar-refractivity contribution is 6.30. The van der Waals surface area contributed by atoms with Gasteiger partial charge in [0.1, 0.15) is 5.82 Å². The Morgan fingerprint density at radius 1 is 1.33 bits per heavy atom. The summed E-state index contributed by atoms with van der Waals surface area (Å²) in [5, 5.41) is 13.5. The molecule has 2 atom stereocenters. The predicted molar refractivity (Wildman–Crippen MR) is 71.1 cm³/mol. The Morgan fingerprint density at radius 2 is 2.11 bits per heavy atom. The lowest BCUT2D eigenvalue weighted by Crippen LogP contribution is -2.33. The zero-order valence-corrected chi connectivity index (χ0v) is 11.1. The topological polar surface area (TPSA) is 32.3 Å². The quantitative estimate of drug-likeness (QED) is 0.882. The predicted octanol–water partition coefficient (Wildman–Crippen LogP) is 3.12. The Hall–Kier alpha value is -0.640. The number of aliphatic hydroxyl groups excluding tert-OH is 1. The van der Waals surface area contributed by atoms with Crippen molar-refractivity contribution in [3.63, 3.8) is 0 Å². The molecule has 0 aliphatic heterocycles. The second-order valence-corrected chi connectivity index (χ2v) is 5.41. The van der Waals surface area contributed by atoms with Crippen LogP contribution in [0.3, 0.4) is 0 Å². The number of halogens is 2. The van der Waals surface area contributed by atoms with Gasteiger partial charge in [0.2, 0.25) is 0 Å². The average molecular weight is 272 g/mol. The van der Waals surface area contributed by atoms with Gasteiger partial charge in [0, 0.05) is 23.7 Å². The lowest BCUT2D eigenvalue weighted by molar-refractivity contribution is 0.0695. The number of hydrogen-bond donors (Lipinski definition) is 2. The molecule has 2 nitrogen and oxygen atoms in total. The fraction of sp³-hybridized carbons (Fsp3) is 0.571. The van der Waals surface area contributed by atoms with Crippen molar-refractivity contribution in [1.29, 1.82) is 0 Å². The van der Waals surface area contributed by atoms with Crippen LogP contribution in [0.2, 0.25) is 5.02 Å². The smallest absolute Gasteiger partial charge is 0.129 e. The number of aliphatic hydroxyl groups is 1. The first-order chi connectivity index (χ1) is 8.66. The van der Waals surface area contributed by atoms with E-state index < -0.39 is 0 Å². The molecule has 1 aliphatic rings. The highest BCUT2D eigenvalue weighted by Crippen LogP contribution is 2.23. The third-order valence-electron chi connectivity index (χ3n) is 3.61. The molecular weight excluding hydrogens is 253 g/mol. The molecule has 18 heavy (non-hydrogen) atoms. The third-order valence-corrected chi connectivity index (χ3v) is 3.84. The highest BCUT2D eigenvalue weighted by Gasteiger charge is 2.22. The fourth-order valence-electron chi connectivity index (χ4n) is 2.48. The van der Waals surface area contributed by atoms with Gasteiger partial charge < -0.3 is 10.4 Å². The van der Waals surface area contributed by atoms with Gasteiger partial charge >= 0.3 is 0 Å². The van der Waals surface area contributed by atoms with E-state index >= 15 is 0 Å². The van der Waals surface area contributed by atoms with Gasteiger partial charge in [-0.25, -0.2) is 4.39 Å². The summed E-state index contributed by atoms with van der Waals surface area (Å²) < 4.78 is 13.5. The molecule has 2 N–H and O–H groups in total. The second kappa shape index (κ2) is 6.50. The summed E-state index contributed by atoms with van der Waals surface area (Å²) in [6.45, 7) is 1.22. The van der Waals surface area contributed by atoms with Gasteiger partial charge in [-0.3, -0.25) is 0 Å². The first kappa shape index (κ1) is 13.8. The zero-order chi connectivity index (χ0) is 13.0. The zero-order valence-electron chi connectivity index (χ0n) is 10.3. The average Bonchev–Trinajstić information content (AvgIpc) is 2.34. The van der Waals surface area contributed by atoms with Crippen molar-refractivity contribution >= 4 is 11.6 Å². The van der Waals surface area contributed by atoms with Crippen LogP contribution >= 0.6 is 11.6 Å². The molecule has 0 heterocycles. The summed E-state index contributed by atoms with van der Waals surface area (Å²) >= 11 is 5.70. The summed E-state index contributed by atoms with van der Waals surface area (Å²) in [4.78, 5) is 0. The number of hydrogen-bond acceptors (Lipinski definition) is 2. The van der Waals surface area contributed by atoms with Gasteiger partial charge in [-0.2, -0.15) is 0 Å². The monoisotopic (exact) mass is 271 g/mol. The molecule has 2 unspecified atom stereocenters. The highest BCUT2D eigenvalue weighted by atomic mass is 35.5. The van der Waals surface area contributed by atoms with Crippen LogP contribution in [0.5, 0.6) is 0 Å². The number of benzene rings is 1. The van der Waals surface area contributed by atoms with Crippen molar-refractivity contribution in [2.45, 2.75) is 38.3 Å². The Labute approximate surface area is 112 Å². The maximum Gasteiger partial charge on any atom is 0.129 e. The van der Waals surface area contributed by atoms with E-state index in [0.29, 0.717) is 23.0 Å². The maximum atomic E-state index is 13.5. The van der Waals surface area contributed by atoms with Crippen LogP contribution in [-0.2, 0) is 6.54 Å². The summed E-state index contributed by atoms with van der Waals surface area (Å²) in [6.07, 6.45) is 4.03. The SMILES string of the molecule is OC1CCCCC1CNCc1ccc(Cl)cc1F. The van der Waals surface area contributed by atoms with E-state index in [1.54, 1.807) is 12.1 Å². The third kappa shape index (κ3) is 3.67. The molecule has 2 rings (SSSR count). The Kier molecular flexibility index (Phi) is 4.98. The van der Waals surface area contributed by atoms with Gasteiger partial charge in [-0.1, -0.05) is 30.5 Å². The van der Waals surface area contributed by atoms with Crippen molar-refractivity contribution in [3.05, 3.63) is 34.6 Å². The number of rotatable bonds is 4. The molecule has 0 radical (unpaired) electrons. The van der Waals surface area contributed by atoms with Crippen LogP contribution in [0.15, 0.2) is 18.2 Å². The van der Waals surface area contributed by atoms with Crippen LogP contribution in [0.1, 0.15) is 31.2 Å². The summed E-state index contributed by atoms with van der Waals surface area (Å²) in [7, 11) is 0. The van der Waals surface area contributed by atoms with Crippen molar-refractivity contribution in [2.75, 3.05) is 6.54 Å². The molecule has 1 saturated carbocycles. The molecule has 0 saturated heterocycles. The van der Waals surface area contributed by atoms with E-state index in [0.717, 1.165) is 25.8 Å². The normalized spacial score (nSPS) is 24.2. The standard InChI is InChI=1S/C14H19ClFNO/c15-12-6-5-10(13(16)7-12)8-17-9-11-3-1-2-4-14(11)18/h5-7,11,14,17-18H,1-4,8-9H2. The number of nitrogens with one attached hydrogen (secondary N) is 1. The molecule has 1 aromatic rings. The largest absolute Gasteiger partial charge is 0.393 e. The molecule has 100 valence electrons. The van der Waals surface area contributed by atoms with E-state index in [2.05, 4.69) is 5.32 Å². The molecular formula is C14H19ClFNO. The Balaban J connectivity index is 1.81. The van der Waals surface area contributed by atoms with Gasteiger partial charge in [0.05, 0.1) is 6.10 Å². The molecule has 1 aliphatic carbocycles. The minimum absolute atomic E-state index is 0.207. The fourth-order valence-corrected chi connectivity index (χ4v) is 2.64. The molecule has 0 spiro atoms. The second-order valence-electron chi connectivity index (χ2n) is 4.98. The lowest BCUT2D eigenvalue weighted by atomic mass is 9.86. The molecule has 0 amide bonds. The van der Waals surface area contributed by atoms with E-state index in [-0.39, 0.29) is 11.9 Å². The Morgan fingerprint density at radius 3 is 2.83 bits per heavy atom. The van der Waals surface area contributed by atoms with Gasteiger partial charge in [0.15, 0.2) is 0 Å². The summed E-state index contributed by atoms with van der Waals surface area (Å²) in [5.41, 5.74) is 0.615. The van der Waals surface area contributed by atoms with E-state index in [1.807, 2.05) is 0 Å². The molecule has 0 aromatic heterocycles. The summed E-state index contributed by atoms with van der Waals surface area (Å²) in [5.74, 6) is 0.0216. The van der Waals surface area contributed by atoms with E-state index in [9.17, 15) is 9.50 Å². The van der Waals surface area contributed by atoms with Crippen LogP contribution in [0, 0.1) is 11.7 Å². The Bertz CT molecular complexity index is 399. The van der Waals surface area contributed by atoms with Crippen LogP contribution < -0.4 is 5.32 Å². The van der Waals surface area contributed by atoms with E-state index in [4.69, 9.17) is 11.6 Å². The minimum atomic E-state index is -0.279. The van der Waals surface area contributed by atoms with Gasteiger partial charge in [0.25, 0.3) is 0 Å². The lowest BCUT2D eigenvalue weighted by Gasteiger charge is -2.27. The summed E-state index contributed by atoms with van der Waals surface area (Å²) in [6, 6.07) is 4.72. The van der Waals surface area contributed by atoms with Crippen LogP contribution in [-0.4, -0.2) is 17.8 Å². The minimum Gasteiger partial charge on any atom is -0.393 e.